The van der Waals surface area contributed by atoms with E-state index in [4.69, 9.17) is 4.74 Å². The number of nitrogens with zero attached hydrogens (tertiary/aromatic N) is 1. The second-order valence-electron chi connectivity index (χ2n) is 2.03. The van der Waals surface area contributed by atoms with E-state index in [1.807, 2.05) is 6.92 Å². The van der Waals surface area contributed by atoms with Crippen LogP contribution < -0.4 is 10.3 Å². The molecular formula is C7H10N2O2S. The van der Waals surface area contributed by atoms with Crippen molar-refractivity contribution < 1.29 is 4.74 Å². The van der Waals surface area contributed by atoms with E-state index < -0.39 is 0 Å². The highest BCUT2D eigenvalue weighted by atomic mass is 32.2. The second-order valence-corrected chi connectivity index (χ2v) is 3.28. The lowest BCUT2D eigenvalue weighted by atomic mass is 10.6. The summed E-state index contributed by atoms with van der Waals surface area (Å²) in [6.45, 7) is 1.99. The predicted octanol–water partition coefficient (Wildman–Crippen LogP) is 0.891. The van der Waals surface area contributed by atoms with Gasteiger partial charge in [0.15, 0.2) is 5.16 Å². The monoisotopic (exact) mass is 186 g/mol. The number of hydrogen-bond donors (Lipinski definition) is 1. The molecule has 0 aliphatic rings. The summed E-state index contributed by atoms with van der Waals surface area (Å²) in [6.07, 6.45) is 0. The Morgan fingerprint density at radius 3 is 3.08 bits per heavy atom. The summed E-state index contributed by atoms with van der Waals surface area (Å²) in [5.74, 6) is 1.23. The molecular weight excluding hydrogens is 176 g/mol. The van der Waals surface area contributed by atoms with Crippen molar-refractivity contribution in [1.82, 2.24) is 9.97 Å². The third kappa shape index (κ3) is 2.27. The zero-order valence-corrected chi connectivity index (χ0v) is 7.77. The lowest BCUT2D eigenvalue weighted by Crippen LogP contribution is -2.08. The molecule has 0 spiro atoms. The van der Waals surface area contributed by atoms with Crippen molar-refractivity contribution >= 4 is 11.8 Å². The van der Waals surface area contributed by atoms with E-state index in [0.29, 0.717) is 11.0 Å². The summed E-state index contributed by atoms with van der Waals surface area (Å²) in [7, 11) is 1.49. The number of hydrogen-bond acceptors (Lipinski definition) is 4. The zero-order chi connectivity index (χ0) is 8.97. The maximum atomic E-state index is 11.0. The van der Waals surface area contributed by atoms with Crippen LogP contribution in [0.2, 0.25) is 0 Å². The SMILES string of the molecule is CCSc1nc(OC)cc(=O)[nH]1. The fourth-order valence-corrected chi connectivity index (χ4v) is 1.32. The van der Waals surface area contributed by atoms with Gasteiger partial charge in [0.1, 0.15) is 0 Å². The van der Waals surface area contributed by atoms with Crippen LogP contribution in [0.25, 0.3) is 0 Å². The van der Waals surface area contributed by atoms with E-state index in [-0.39, 0.29) is 5.56 Å². The van der Waals surface area contributed by atoms with Gasteiger partial charge in [-0.05, 0) is 5.75 Å². The van der Waals surface area contributed by atoms with Gasteiger partial charge in [-0.25, -0.2) is 0 Å². The molecule has 4 nitrogen and oxygen atoms in total. The molecule has 5 heteroatoms. The lowest BCUT2D eigenvalue weighted by molar-refractivity contribution is 0.391. The largest absolute Gasteiger partial charge is 0.481 e. The third-order valence-electron chi connectivity index (χ3n) is 1.19. The van der Waals surface area contributed by atoms with Crippen LogP contribution in [-0.4, -0.2) is 22.8 Å². The minimum atomic E-state index is -0.183. The van der Waals surface area contributed by atoms with Crippen LogP contribution in [0, 0.1) is 0 Å². The van der Waals surface area contributed by atoms with Crippen molar-refractivity contribution in [1.29, 1.82) is 0 Å². The molecule has 0 saturated heterocycles. The first-order chi connectivity index (χ1) is 5.76. The molecule has 0 unspecified atom stereocenters. The van der Waals surface area contributed by atoms with Crippen LogP contribution in [0.5, 0.6) is 5.88 Å². The number of aromatic nitrogens is 2. The molecule has 0 radical (unpaired) electrons. The van der Waals surface area contributed by atoms with Gasteiger partial charge in [0.2, 0.25) is 5.88 Å². The number of nitrogens with one attached hydrogen (secondary N) is 1. The fraction of sp³-hybridized carbons (Fsp3) is 0.429. The molecule has 1 aromatic heterocycles. The molecule has 0 aliphatic carbocycles. The van der Waals surface area contributed by atoms with E-state index in [9.17, 15) is 4.79 Å². The van der Waals surface area contributed by atoms with Crippen LogP contribution in [-0.2, 0) is 0 Å². The molecule has 0 aromatic carbocycles. The summed E-state index contributed by atoms with van der Waals surface area (Å²) in [6, 6.07) is 1.32. The maximum absolute atomic E-state index is 11.0. The van der Waals surface area contributed by atoms with Crippen LogP contribution in [0.4, 0.5) is 0 Å². The average Bonchev–Trinajstić information content (AvgIpc) is 2.04. The average molecular weight is 186 g/mol. The highest BCUT2D eigenvalue weighted by Crippen LogP contribution is 2.12. The molecule has 1 rings (SSSR count). The first-order valence-electron chi connectivity index (χ1n) is 3.54. The Labute approximate surface area is 74.4 Å². The molecule has 0 bridgehead atoms. The van der Waals surface area contributed by atoms with Crippen LogP contribution in [0.15, 0.2) is 16.0 Å². The normalized spacial score (nSPS) is 9.83. The van der Waals surface area contributed by atoms with Crippen LogP contribution in [0.1, 0.15) is 6.92 Å². The van der Waals surface area contributed by atoms with Crippen molar-refractivity contribution in [2.45, 2.75) is 12.1 Å². The first kappa shape index (κ1) is 9.12. The van der Waals surface area contributed by atoms with E-state index in [0.717, 1.165) is 5.75 Å². The van der Waals surface area contributed by atoms with Gasteiger partial charge in [-0.2, -0.15) is 4.98 Å². The molecule has 0 atom stereocenters. The predicted molar refractivity (Wildman–Crippen MR) is 47.8 cm³/mol. The highest BCUT2D eigenvalue weighted by Gasteiger charge is 1.99. The quantitative estimate of drug-likeness (QED) is 0.562. The van der Waals surface area contributed by atoms with Crippen molar-refractivity contribution in [2.75, 3.05) is 12.9 Å². The molecule has 0 saturated carbocycles. The Bertz CT molecular complexity index is 311. The summed E-state index contributed by atoms with van der Waals surface area (Å²) >= 11 is 1.47. The minimum absolute atomic E-state index is 0.183. The number of rotatable bonds is 3. The van der Waals surface area contributed by atoms with Crippen molar-refractivity contribution in [3.05, 3.63) is 16.4 Å². The number of thioether (sulfide) groups is 1. The van der Waals surface area contributed by atoms with Crippen molar-refractivity contribution in [3.63, 3.8) is 0 Å². The Kier molecular flexibility index (Phi) is 3.16. The topological polar surface area (TPSA) is 55.0 Å². The Morgan fingerprint density at radius 1 is 1.75 bits per heavy atom. The Morgan fingerprint density at radius 2 is 2.50 bits per heavy atom. The summed E-state index contributed by atoms with van der Waals surface area (Å²) in [5, 5.41) is 0.599. The zero-order valence-electron chi connectivity index (χ0n) is 6.96. The molecule has 1 N–H and O–H groups in total. The van der Waals surface area contributed by atoms with Crippen LogP contribution >= 0.6 is 11.8 Å². The standard InChI is InChI=1S/C7H10N2O2S/c1-3-12-7-8-5(10)4-6(9-7)11-2/h4H,3H2,1-2H3,(H,8,9,10). The molecule has 0 aliphatic heterocycles. The molecule has 12 heavy (non-hydrogen) atoms. The molecule has 66 valence electrons. The van der Waals surface area contributed by atoms with Crippen molar-refractivity contribution in [2.24, 2.45) is 0 Å². The maximum Gasteiger partial charge on any atom is 0.255 e. The van der Waals surface area contributed by atoms with Gasteiger partial charge in [0, 0.05) is 0 Å². The van der Waals surface area contributed by atoms with Gasteiger partial charge >= 0.3 is 0 Å². The van der Waals surface area contributed by atoms with Crippen LogP contribution in [0.3, 0.4) is 0 Å². The number of aromatic amines is 1. The Hall–Kier alpha value is -0.970. The number of H-pyrrole nitrogens is 1. The molecule has 0 amide bonds. The Balaban J connectivity index is 2.98. The summed E-state index contributed by atoms with van der Waals surface area (Å²) in [4.78, 5) is 17.6. The summed E-state index contributed by atoms with van der Waals surface area (Å²) < 4.78 is 4.84. The molecule has 0 fully saturated rings. The fourth-order valence-electron chi connectivity index (χ4n) is 0.724. The van der Waals surface area contributed by atoms with Gasteiger partial charge in [0.25, 0.3) is 5.56 Å². The van der Waals surface area contributed by atoms with Gasteiger partial charge in [-0.1, -0.05) is 18.7 Å². The third-order valence-corrected chi connectivity index (χ3v) is 1.94. The number of ether oxygens (including phenoxy) is 1. The van der Waals surface area contributed by atoms with Gasteiger partial charge in [0.05, 0.1) is 13.2 Å². The highest BCUT2D eigenvalue weighted by molar-refractivity contribution is 7.99. The molecule has 1 heterocycles. The first-order valence-corrected chi connectivity index (χ1v) is 4.53. The molecule has 1 aromatic rings. The van der Waals surface area contributed by atoms with E-state index in [1.165, 1.54) is 24.9 Å². The number of methoxy groups -OCH3 is 1. The van der Waals surface area contributed by atoms with Gasteiger partial charge in [-0.3, -0.25) is 4.79 Å². The van der Waals surface area contributed by atoms with Gasteiger partial charge in [-0.15, -0.1) is 0 Å². The van der Waals surface area contributed by atoms with E-state index >= 15 is 0 Å². The van der Waals surface area contributed by atoms with Gasteiger partial charge < -0.3 is 9.72 Å². The van der Waals surface area contributed by atoms with Crippen molar-refractivity contribution in [3.8, 4) is 5.88 Å². The second kappa shape index (κ2) is 4.15. The smallest absolute Gasteiger partial charge is 0.255 e. The van der Waals surface area contributed by atoms with E-state index in [2.05, 4.69) is 9.97 Å². The minimum Gasteiger partial charge on any atom is -0.481 e. The van der Waals surface area contributed by atoms with E-state index in [1.54, 1.807) is 0 Å². The summed E-state index contributed by atoms with van der Waals surface area (Å²) in [5.41, 5.74) is -0.183. The lowest BCUT2D eigenvalue weighted by Gasteiger charge is -1.99.